The predicted octanol–water partition coefficient (Wildman–Crippen LogP) is -0.298. The minimum Gasteiger partial charge on any atom is -0.394 e. The van der Waals surface area contributed by atoms with Crippen LogP contribution < -0.4 is 10.9 Å². The number of aliphatic hydroxyl groups excluding tert-OH is 1. The van der Waals surface area contributed by atoms with Gasteiger partial charge in [0.25, 0.3) is 5.56 Å². The van der Waals surface area contributed by atoms with Crippen LogP contribution in [0.2, 0.25) is 0 Å². The van der Waals surface area contributed by atoms with Crippen LogP contribution in [0.15, 0.2) is 27.9 Å². The minimum absolute atomic E-state index is 0.127. The van der Waals surface area contributed by atoms with Crippen LogP contribution in [0.3, 0.4) is 0 Å². The Bertz CT molecular complexity index is 582. The molecule has 102 valence electrons. The molecular formula is C10H13BrN6O2. The molecule has 0 saturated carbocycles. The van der Waals surface area contributed by atoms with E-state index < -0.39 is 0 Å². The standard InChI is InChI=1S/C10H13BrN6O2/c11-9-8(7-14-17(5-6-18)10(9)19)12-1-3-16-4-2-13-15-16/h2,4,7,12,18H,1,3,5-6H2. The fraction of sp³-hybridized carbons (Fsp3) is 0.400. The highest BCUT2D eigenvalue weighted by atomic mass is 79.9. The SMILES string of the molecule is O=c1c(Br)c(NCCn2ccnn2)cnn1CCO. The van der Waals surface area contributed by atoms with Gasteiger partial charge in [-0.15, -0.1) is 5.10 Å². The number of hydrogen-bond acceptors (Lipinski definition) is 6. The maximum Gasteiger partial charge on any atom is 0.283 e. The fourth-order valence-corrected chi connectivity index (χ4v) is 1.95. The summed E-state index contributed by atoms with van der Waals surface area (Å²) in [5.41, 5.74) is 0.333. The Morgan fingerprint density at radius 3 is 2.95 bits per heavy atom. The molecule has 0 unspecified atom stereocenters. The molecule has 2 aromatic heterocycles. The van der Waals surface area contributed by atoms with E-state index in [0.29, 0.717) is 23.2 Å². The molecule has 0 bridgehead atoms. The van der Waals surface area contributed by atoms with E-state index in [1.54, 1.807) is 23.3 Å². The van der Waals surface area contributed by atoms with Crippen molar-refractivity contribution in [2.75, 3.05) is 18.5 Å². The van der Waals surface area contributed by atoms with Crippen molar-refractivity contribution in [2.45, 2.75) is 13.1 Å². The number of nitrogens with one attached hydrogen (secondary N) is 1. The van der Waals surface area contributed by atoms with Crippen molar-refractivity contribution >= 4 is 21.6 Å². The summed E-state index contributed by atoms with van der Waals surface area (Å²) in [7, 11) is 0. The number of aromatic nitrogens is 5. The second-order valence-corrected chi connectivity index (χ2v) is 4.51. The van der Waals surface area contributed by atoms with Crippen LogP contribution in [0.1, 0.15) is 0 Å². The molecule has 19 heavy (non-hydrogen) atoms. The van der Waals surface area contributed by atoms with Gasteiger partial charge in [-0.2, -0.15) is 5.10 Å². The van der Waals surface area contributed by atoms with Gasteiger partial charge in [-0.25, -0.2) is 4.68 Å². The lowest BCUT2D eigenvalue weighted by Gasteiger charge is -2.09. The van der Waals surface area contributed by atoms with E-state index in [2.05, 4.69) is 36.7 Å². The summed E-state index contributed by atoms with van der Waals surface area (Å²) in [6, 6.07) is 0. The zero-order valence-corrected chi connectivity index (χ0v) is 11.6. The Labute approximate surface area is 117 Å². The number of rotatable bonds is 6. The van der Waals surface area contributed by atoms with E-state index in [4.69, 9.17) is 5.11 Å². The molecule has 9 heteroatoms. The Morgan fingerprint density at radius 1 is 1.42 bits per heavy atom. The molecular weight excluding hydrogens is 316 g/mol. The topological polar surface area (TPSA) is 97.9 Å². The summed E-state index contributed by atoms with van der Waals surface area (Å²) >= 11 is 3.23. The van der Waals surface area contributed by atoms with Crippen LogP contribution in [-0.4, -0.2) is 43.0 Å². The van der Waals surface area contributed by atoms with Crippen molar-refractivity contribution in [3.63, 3.8) is 0 Å². The van der Waals surface area contributed by atoms with Gasteiger partial charge in [-0.1, -0.05) is 5.21 Å². The maximum atomic E-state index is 11.8. The first-order valence-electron chi connectivity index (χ1n) is 5.67. The molecule has 0 aliphatic carbocycles. The number of hydrogen-bond donors (Lipinski definition) is 2. The molecule has 8 nitrogen and oxygen atoms in total. The second kappa shape index (κ2) is 6.43. The van der Waals surface area contributed by atoms with Gasteiger partial charge in [0.05, 0.1) is 37.8 Å². The van der Waals surface area contributed by atoms with Gasteiger partial charge in [0.1, 0.15) is 4.47 Å². The van der Waals surface area contributed by atoms with E-state index in [1.165, 1.54) is 4.68 Å². The Balaban J connectivity index is 2.01. The number of nitrogens with zero attached hydrogens (tertiary/aromatic N) is 5. The quantitative estimate of drug-likeness (QED) is 0.755. The van der Waals surface area contributed by atoms with Crippen molar-refractivity contribution in [3.8, 4) is 0 Å². The molecule has 0 saturated heterocycles. The van der Waals surface area contributed by atoms with Crippen molar-refractivity contribution < 1.29 is 5.11 Å². The molecule has 2 heterocycles. The van der Waals surface area contributed by atoms with Crippen LogP contribution in [-0.2, 0) is 13.1 Å². The van der Waals surface area contributed by atoms with E-state index in [1.807, 2.05) is 0 Å². The smallest absolute Gasteiger partial charge is 0.283 e. The van der Waals surface area contributed by atoms with Gasteiger partial charge >= 0.3 is 0 Å². The minimum atomic E-state index is -0.278. The first-order chi connectivity index (χ1) is 9.22. The van der Waals surface area contributed by atoms with Gasteiger partial charge < -0.3 is 10.4 Å². The van der Waals surface area contributed by atoms with Crippen LogP contribution in [0.25, 0.3) is 0 Å². The third-order valence-corrected chi connectivity index (χ3v) is 3.19. The Morgan fingerprint density at radius 2 is 2.26 bits per heavy atom. The van der Waals surface area contributed by atoms with Crippen molar-refractivity contribution in [3.05, 3.63) is 33.4 Å². The molecule has 0 aromatic carbocycles. The highest BCUT2D eigenvalue weighted by Gasteiger charge is 2.07. The monoisotopic (exact) mass is 328 g/mol. The first kappa shape index (κ1) is 13.7. The van der Waals surface area contributed by atoms with E-state index >= 15 is 0 Å². The molecule has 0 amide bonds. The molecule has 0 aliphatic heterocycles. The molecule has 2 N–H and O–H groups in total. The highest BCUT2D eigenvalue weighted by molar-refractivity contribution is 9.10. The van der Waals surface area contributed by atoms with E-state index in [9.17, 15) is 4.79 Å². The molecule has 0 atom stereocenters. The lowest BCUT2D eigenvalue weighted by atomic mass is 10.4. The highest BCUT2D eigenvalue weighted by Crippen LogP contribution is 2.15. The van der Waals surface area contributed by atoms with Crippen molar-refractivity contribution in [2.24, 2.45) is 0 Å². The normalized spacial score (nSPS) is 10.6. The van der Waals surface area contributed by atoms with Crippen LogP contribution in [0, 0.1) is 0 Å². The summed E-state index contributed by atoms with van der Waals surface area (Å²) in [4.78, 5) is 11.8. The van der Waals surface area contributed by atoms with Crippen molar-refractivity contribution in [1.82, 2.24) is 24.8 Å². The zero-order valence-electron chi connectivity index (χ0n) is 10.0. The zero-order chi connectivity index (χ0) is 13.7. The van der Waals surface area contributed by atoms with Crippen LogP contribution in [0.5, 0.6) is 0 Å². The van der Waals surface area contributed by atoms with E-state index in [0.717, 1.165) is 0 Å². The van der Waals surface area contributed by atoms with Gasteiger partial charge in [0.15, 0.2) is 0 Å². The lowest BCUT2D eigenvalue weighted by Crippen LogP contribution is -2.26. The van der Waals surface area contributed by atoms with Crippen LogP contribution in [0.4, 0.5) is 5.69 Å². The Kier molecular flexibility index (Phi) is 4.63. The van der Waals surface area contributed by atoms with Gasteiger partial charge in [0, 0.05) is 12.7 Å². The summed E-state index contributed by atoms with van der Waals surface area (Å²) < 4.78 is 3.28. The third-order valence-electron chi connectivity index (χ3n) is 2.42. The molecule has 0 spiro atoms. The summed E-state index contributed by atoms with van der Waals surface area (Å²) in [5.74, 6) is 0. The second-order valence-electron chi connectivity index (χ2n) is 3.72. The van der Waals surface area contributed by atoms with E-state index in [-0.39, 0.29) is 18.7 Å². The number of halogens is 1. The molecule has 2 aromatic rings. The number of anilines is 1. The average Bonchev–Trinajstić information content (AvgIpc) is 2.91. The average molecular weight is 329 g/mol. The molecule has 0 radical (unpaired) electrons. The molecule has 0 aliphatic rings. The molecule has 0 fully saturated rings. The molecule has 2 rings (SSSR count). The summed E-state index contributed by atoms with van der Waals surface area (Å²) in [6.45, 7) is 1.27. The maximum absolute atomic E-state index is 11.8. The predicted molar refractivity (Wildman–Crippen MR) is 71.8 cm³/mol. The lowest BCUT2D eigenvalue weighted by molar-refractivity contribution is 0.266. The summed E-state index contributed by atoms with van der Waals surface area (Å²) in [5, 5.41) is 23.4. The first-order valence-corrected chi connectivity index (χ1v) is 6.46. The largest absolute Gasteiger partial charge is 0.394 e. The van der Waals surface area contributed by atoms with Crippen molar-refractivity contribution in [1.29, 1.82) is 0 Å². The fourth-order valence-electron chi connectivity index (χ4n) is 1.50. The van der Waals surface area contributed by atoms with Gasteiger partial charge in [-0.05, 0) is 15.9 Å². The van der Waals surface area contributed by atoms with Gasteiger partial charge in [0.2, 0.25) is 0 Å². The van der Waals surface area contributed by atoms with Crippen LogP contribution >= 0.6 is 15.9 Å². The Hall–Kier alpha value is -1.74. The summed E-state index contributed by atoms with van der Waals surface area (Å²) in [6.07, 6.45) is 4.91. The third kappa shape index (κ3) is 3.38. The van der Waals surface area contributed by atoms with Gasteiger partial charge in [-0.3, -0.25) is 9.48 Å². The number of aliphatic hydroxyl groups is 1.